The van der Waals surface area contributed by atoms with E-state index in [1.54, 1.807) is 13.8 Å². The van der Waals surface area contributed by atoms with Gasteiger partial charge in [-0.1, -0.05) is 12.8 Å². The van der Waals surface area contributed by atoms with Gasteiger partial charge in [-0.2, -0.15) is 0 Å². The lowest BCUT2D eigenvalue weighted by Crippen LogP contribution is -2.12. The minimum absolute atomic E-state index is 0.164. The smallest absolute Gasteiger partial charge is 0.307 e. The van der Waals surface area contributed by atoms with E-state index in [1.165, 1.54) is 0 Å². The lowest BCUT2D eigenvalue weighted by molar-refractivity contribution is -0.145. The first-order valence-electron chi connectivity index (χ1n) is 3.82. The zero-order valence-corrected chi connectivity index (χ0v) is 7.31. The summed E-state index contributed by atoms with van der Waals surface area (Å²) in [4.78, 5) is 10.8. The van der Waals surface area contributed by atoms with E-state index in [9.17, 15) is 4.79 Å². The Morgan fingerprint density at radius 1 is 1.64 bits per heavy atom. The molecule has 0 rings (SSSR count). The fraction of sp³-hybridized carbons (Fsp3) is 0.667. The molecular weight excluding hydrogens is 140 g/mol. The standard InChI is InChI=1S/C9H14O2/c1-4-6-8(3)11-9(10)7-5-2/h8H,5,7H2,1-3H3. The number of ether oxygens (including phenoxy) is 1. The third-order valence-corrected chi connectivity index (χ3v) is 1.11. The van der Waals surface area contributed by atoms with Gasteiger partial charge in [0.2, 0.25) is 0 Å². The van der Waals surface area contributed by atoms with Gasteiger partial charge in [0, 0.05) is 6.42 Å². The van der Waals surface area contributed by atoms with Crippen molar-refractivity contribution in [3.63, 3.8) is 0 Å². The molecule has 0 radical (unpaired) electrons. The molecule has 0 aliphatic heterocycles. The predicted molar refractivity (Wildman–Crippen MR) is 43.9 cm³/mol. The highest BCUT2D eigenvalue weighted by atomic mass is 16.5. The molecule has 0 aromatic heterocycles. The highest BCUT2D eigenvalue weighted by molar-refractivity contribution is 5.69. The largest absolute Gasteiger partial charge is 0.449 e. The Labute approximate surface area is 67.9 Å². The zero-order chi connectivity index (χ0) is 8.69. The van der Waals surface area contributed by atoms with E-state index in [0.29, 0.717) is 6.42 Å². The second-order valence-corrected chi connectivity index (χ2v) is 2.28. The first-order chi connectivity index (χ1) is 5.20. The number of hydrogen-bond acceptors (Lipinski definition) is 2. The second kappa shape index (κ2) is 5.79. The number of hydrogen-bond donors (Lipinski definition) is 0. The molecular formula is C9H14O2. The summed E-state index contributed by atoms with van der Waals surface area (Å²) in [7, 11) is 0. The third-order valence-electron chi connectivity index (χ3n) is 1.11. The van der Waals surface area contributed by atoms with E-state index < -0.39 is 0 Å². The van der Waals surface area contributed by atoms with Crippen LogP contribution in [0.3, 0.4) is 0 Å². The molecule has 0 amide bonds. The highest BCUT2D eigenvalue weighted by Crippen LogP contribution is 1.95. The van der Waals surface area contributed by atoms with Crippen LogP contribution in [0.1, 0.15) is 33.6 Å². The molecule has 1 atom stereocenters. The number of rotatable bonds is 3. The molecule has 0 fully saturated rings. The quantitative estimate of drug-likeness (QED) is 0.457. The van der Waals surface area contributed by atoms with Crippen LogP contribution >= 0.6 is 0 Å². The van der Waals surface area contributed by atoms with Gasteiger partial charge in [-0.3, -0.25) is 4.79 Å². The molecule has 0 bridgehead atoms. The second-order valence-electron chi connectivity index (χ2n) is 2.28. The van der Waals surface area contributed by atoms with E-state index in [0.717, 1.165) is 6.42 Å². The van der Waals surface area contributed by atoms with Crippen molar-refractivity contribution < 1.29 is 9.53 Å². The minimum Gasteiger partial charge on any atom is -0.449 e. The number of esters is 1. The number of carbonyl (C=O) groups excluding carboxylic acids is 1. The summed E-state index contributed by atoms with van der Waals surface area (Å²) in [6, 6.07) is 0. The van der Waals surface area contributed by atoms with Crippen molar-refractivity contribution >= 4 is 5.97 Å². The van der Waals surface area contributed by atoms with Crippen LogP contribution in [-0.4, -0.2) is 12.1 Å². The van der Waals surface area contributed by atoms with Gasteiger partial charge in [0.05, 0.1) is 0 Å². The van der Waals surface area contributed by atoms with E-state index in [4.69, 9.17) is 4.74 Å². The fourth-order valence-electron chi connectivity index (χ4n) is 0.693. The summed E-state index contributed by atoms with van der Waals surface area (Å²) >= 11 is 0. The van der Waals surface area contributed by atoms with Crippen LogP contribution in [0.25, 0.3) is 0 Å². The normalized spacial score (nSPS) is 11.2. The summed E-state index contributed by atoms with van der Waals surface area (Å²) in [6.45, 7) is 5.44. The van der Waals surface area contributed by atoms with Gasteiger partial charge < -0.3 is 4.74 Å². The van der Waals surface area contributed by atoms with E-state index in [2.05, 4.69) is 11.8 Å². The topological polar surface area (TPSA) is 26.3 Å². The van der Waals surface area contributed by atoms with Crippen molar-refractivity contribution in [2.24, 2.45) is 0 Å². The summed E-state index contributed by atoms with van der Waals surface area (Å²) in [5.74, 6) is 5.27. The lowest BCUT2D eigenvalue weighted by Gasteiger charge is -2.05. The van der Waals surface area contributed by atoms with Gasteiger partial charge in [0.25, 0.3) is 0 Å². The predicted octanol–water partition coefficient (Wildman–Crippen LogP) is 1.74. The maximum Gasteiger partial charge on any atom is 0.307 e. The molecule has 11 heavy (non-hydrogen) atoms. The van der Waals surface area contributed by atoms with Gasteiger partial charge in [-0.15, -0.1) is 5.92 Å². The SMILES string of the molecule is CC#CC(C)OC(=O)CCC. The zero-order valence-electron chi connectivity index (χ0n) is 7.31. The maximum atomic E-state index is 10.8. The molecule has 0 aliphatic rings. The fourth-order valence-corrected chi connectivity index (χ4v) is 0.693. The molecule has 2 nitrogen and oxygen atoms in total. The molecule has 0 aliphatic carbocycles. The Morgan fingerprint density at radius 3 is 2.73 bits per heavy atom. The lowest BCUT2D eigenvalue weighted by atomic mass is 10.3. The molecule has 0 spiro atoms. The Hall–Kier alpha value is -0.970. The maximum absolute atomic E-state index is 10.8. The molecule has 0 aromatic rings. The van der Waals surface area contributed by atoms with Crippen LogP contribution < -0.4 is 0 Å². The van der Waals surface area contributed by atoms with Gasteiger partial charge in [-0.05, 0) is 20.3 Å². The molecule has 0 N–H and O–H groups in total. The van der Waals surface area contributed by atoms with Crippen molar-refractivity contribution in [1.29, 1.82) is 0 Å². The molecule has 1 unspecified atom stereocenters. The first kappa shape index (κ1) is 10.0. The van der Waals surface area contributed by atoms with Crippen LogP contribution in [0.15, 0.2) is 0 Å². The Bertz CT molecular complexity index is 174. The summed E-state index contributed by atoms with van der Waals surface area (Å²) in [5.41, 5.74) is 0. The van der Waals surface area contributed by atoms with E-state index in [-0.39, 0.29) is 12.1 Å². The third kappa shape index (κ3) is 5.47. The molecule has 0 saturated heterocycles. The molecule has 2 heteroatoms. The Kier molecular flexibility index (Phi) is 5.28. The van der Waals surface area contributed by atoms with Crippen LogP contribution in [0.5, 0.6) is 0 Å². The molecule has 0 saturated carbocycles. The van der Waals surface area contributed by atoms with Gasteiger partial charge in [0.15, 0.2) is 6.10 Å². The van der Waals surface area contributed by atoms with Gasteiger partial charge >= 0.3 is 5.97 Å². The first-order valence-corrected chi connectivity index (χ1v) is 3.82. The van der Waals surface area contributed by atoms with Crippen LogP contribution in [0, 0.1) is 11.8 Å². The molecule has 62 valence electrons. The van der Waals surface area contributed by atoms with Crippen molar-refractivity contribution in [1.82, 2.24) is 0 Å². The van der Waals surface area contributed by atoms with Crippen molar-refractivity contribution in [2.75, 3.05) is 0 Å². The van der Waals surface area contributed by atoms with Gasteiger partial charge in [-0.25, -0.2) is 0 Å². The van der Waals surface area contributed by atoms with Crippen molar-refractivity contribution in [3.8, 4) is 11.8 Å². The molecule has 0 aromatic carbocycles. The van der Waals surface area contributed by atoms with Crippen molar-refractivity contribution in [2.45, 2.75) is 39.7 Å². The molecule has 0 heterocycles. The minimum atomic E-state index is -0.265. The summed E-state index contributed by atoms with van der Waals surface area (Å²) in [5, 5.41) is 0. The van der Waals surface area contributed by atoms with Crippen LogP contribution in [0.2, 0.25) is 0 Å². The highest BCUT2D eigenvalue weighted by Gasteiger charge is 2.03. The van der Waals surface area contributed by atoms with Crippen LogP contribution in [0.4, 0.5) is 0 Å². The summed E-state index contributed by atoms with van der Waals surface area (Å²) in [6.07, 6.45) is 1.04. The monoisotopic (exact) mass is 154 g/mol. The van der Waals surface area contributed by atoms with Gasteiger partial charge in [0.1, 0.15) is 0 Å². The average molecular weight is 154 g/mol. The van der Waals surface area contributed by atoms with E-state index in [1.807, 2.05) is 6.92 Å². The Morgan fingerprint density at radius 2 is 2.27 bits per heavy atom. The average Bonchev–Trinajstić information content (AvgIpc) is 1.87. The van der Waals surface area contributed by atoms with Crippen molar-refractivity contribution in [3.05, 3.63) is 0 Å². The Balaban J connectivity index is 3.63. The summed E-state index contributed by atoms with van der Waals surface area (Å²) < 4.78 is 4.92. The van der Waals surface area contributed by atoms with E-state index >= 15 is 0 Å². The van der Waals surface area contributed by atoms with Crippen LogP contribution in [-0.2, 0) is 9.53 Å². The number of carbonyl (C=O) groups is 1.